The van der Waals surface area contributed by atoms with Gasteiger partial charge in [-0.3, -0.25) is 14.4 Å². The van der Waals surface area contributed by atoms with Crippen LogP contribution in [0.5, 0.6) is 0 Å². The molecule has 2 fully saturated rings. The molecule has 1 aliphatic heterocycles. The summed E-state index contributed by atoms with van der Waals surface area (Å²) < 4.78 is 5.20. The topological polar surface area (TPSA) is 60.4 Å². The summed E-state index contributed by atoms with van der Waals surface area (Å²) in [4.78, 5) is 36.9. The van der Waals surface area contributed by atoms with Gasteiger partial charge in [0.15, 0.2) is 23.6 Å². The summed E-state index contributed by atoms with van der Waals surface area (Å²) in [6, 6.07) is 9.43. The van der Waals surface area contributed by atoms with Crippen molar-refractivity contribution in [2.24, 2.45) is 11.8 Å². The van der Waals surface area contributed by atoms with Crippen molar-refractivity contribution in [1.29, 1.82) is 0 Å². The van der Waals surface area contributed by atoms with Crippen LogP contribution in [0.2, 0.25) is 0 Å². The highest BCUT2D eigenvalue weighted by Crippen LogP contribution is 2.29. The molecule has 0 bridgehead atoms. The van der Waals surface area contributed by atoms with E-state index in [1.807, 2.05) is 30.3 Å². The Hall–Kier alpha value is -1.97. The number of rotatable bonds is 7. The predicted molar refractivity (Wildman–Crippen MR) is 94.0 cm³/mol. The Bertz CT molecular complexity index is 616. The molecular weight excluding hydrogens is 316 g/mol. The van der Waals surface area contributed by atoms with Crippen molar-refractivity contribution in [3.8, 4) is 0 Å². The zero-order chi connectivity index (χ0) is 17.6. The average Bonchev–Trinajstić information content (AvgIpc) is 2.90. The van der Waals surface area contributed by atoms with Crippen LogP contribution in [-0.2, 0) is 25.5 Å². The normalized spacial score (nSPS) is 24.3. The van der Waals surface area contributed by atoms with Gasteiger partial charge < -0.3 is 4.74 Å². The van der Waals surface area contributed by atoms with Gasteiger partial charge in [-0.1, -0.05) is 68.9 Å². The third kappa shape index (κ3) is 4.56. The third-order valence-electron chi connectivity index (χ3n) is 5.44. The molecule has 1 aliphatic carbocycles. The molecule has 4 nitrogen and oxygen atoms in total. The van der Waals surface area contributed by atoms with Crippen LogP contribution >= 0.6 is 0 Å². The third-order valence-corrected chi connectivity index (χ3v) is 5.44. The largest absolute Gasteiger partial charge is 0.453 e. The molecule has 0 aromatic heterocycles. The van der Waals surface area contributed by atoms with Crippen molar-refractivity contribution >= 4 is 17.5 Å². The molecule has 4 heteroatoms. The standard InChI is InChI=1S/C21H26O4/c22-17(13-7-12-15-8-3-1-4-9-15)19-20(23)18(25-21(19)24)14-16-10-5-2-6-11-16/h2,5-6,10-11,15,18-19H,1,3-4,7-9,12-14H2. The second kappa shape index (κ2) is 8.41. The van der Waals surface area contributed by atoms with Crippen molar-refractivity contribution in [3.05, 3.63) is 35.9 Å². The first-order valence-corrected chi connectivity index (χ1v) is 9.46. The van der Waals surface area contributed by atoms with E-state index >= 15 is 0 Å². The molecule has 2 unspecified atom stereocenters. The second-order valence-electron chi connectivity index (χ2n) is 7.31. The Morgan fingerprint density at radius 2 is 1.76 bits per heavy atom. The van der Waals surface area contributed by atoms with Crippen molar-refractivity contribution in [1.82, 2.24) is 0 Å². The lowest BCUT2D eigenvalue weighted by molar-refractivity contribution is -0.146. The van der Waals surface area contributed by atoms with Gasteiger partial charge in [0, 0.05) is 12.8 Å². The number of ether oxygens (including phenoxy) is 1. The fraction of sp³-hybridized carbons (Fsp3) is 0.571. The highest BCUT2D eigenvalue weighted by atomic mass is 16.6. The van der Waals surface area contributed by atoms with Crippen LogP contribution < -0.4 is 0 Å². The molecule has 1 saturated carbocycles. The fourth-order valence-corrected chi connectivity index (χ4v) is 4.01. The smallest absolute Gasteiger partial charge is 0.325 e. The molecule has 1 saturated heterocycles. The van der Waals surface area contributed by atoms with Crippen LogP contribution in [0.25, 0.3) is 0 Å². The van der Waals surface area contributed by atoms with Gasteiger partial charge in [0.1, 0.15) is 0 Å². The van der Waals surface area contributed by atoms with Crippen LogP contribution in [0.15, 0.2) is 30.3 Å². The van der Waals surface area contributed by atoms with Crippen LogP contribution in [0.1, 0.15) is 56.9 Å². The predicted octanol–water partition coefficient (Wildman–Crippen LogP) is 3.66. The van der Waals surface area contributed by atoms with Gasteiger partial charge in [0.25, 0.3) is 0 Å². The molecule has 1 aromatic carbocycles. The van der Waals surface area contributed by atoms with E-state index in [0.29, 0.717) is 18.8 Å². The van der Waals surface area contributed by atoms with Crippen molar-refractivity contribution in [3.63, 3.8) is 0 Å². The van der Waals surface area contributed by atoms with Crippen LogP contribution in [-0.4, -0.2) is 23.6 Å². The fourth-order valence-electron chi connectivity index (χ4n) is 4.01. The Morgan fingerprint density at radius 1 is 1.04 bits per heavy atom. The number of carbonyl (C=O) groups excluding carboxylic acids is 3. The number of cyclic esters (lactones) is 1. The van der Waals surface area contributed by atoms with E-state index < -0.39 is 18.0 Å². The summed E-state index contributed by atoms with van der Waals surface area (Å²) in [6.45, 7) is 0. The van der Waals surface area contributed by atoms with E-state index in [0.717, 1.165) is 18.4 Å². The first kappa shape index (κ1) is 17.8. The van der Waals surface area contributed by atoms with E-state index in [-0.39, 0.29) is 11.6 Å². The molecule has 25 heavy (non-hydrogen) atoms. The Morgan fingerprint density at radius 3 is 2.48 bits per heavy atom. The maximum absolute atomic E-state index is 12.5. The number of ketones is 2. The number of Topliss-reactive ketones (excluding diaryl/α,β-unsaturated/α-hetero) is 2. The SMILES string of the molecule is O=C(CCCC1CCCCC1)C1C(=O)OC(Cc2ccccc2)C1=O. The van der Waals surface area contributed by atoms with E-state index in [2.05, 4.69) is 0 Å². The average molecular weight is 342 g/mol. The summed E-state index contributed by atoms with van der Waals surface area (Å²) in [5.41, 5.74) is 0.930. The van der Waals surface area contributed by atoms with E-state index in [4.69, 9.17) is 4.74 Å². The highest BCUT2D eigenvalue weighted by Gasteiger charge is 2.47. The maximum atomic E-state index is 12.5. The number of esters is 1. The first-order chi connectivity index (χ1) is 12.1. The number of benzene rings is 1. The molecule has 2 aliphatic rings. The number of hydrogen-bond acceptors (Lipinski definition) is 4. The van der Waals surface area contributed by atoms with E-state index in [1.165, 1.54) is 32.1 Å². The van der Waals surface area contributed by atoms with Crippen LogP contribution in [0.4, 0.5) is 0 Å². The summed E-state index contributed by atoms with van der Waals surface area (Å²) in [6.07, 6.45) is 8.01. The first-order valence-electron chi connectivity index (χ1n) is 9.46. The zero-order valence-corrected chi connectivity index (χ0v) is 14.6. The van der Waals surface area contributed by atoms with Gasteiger partial charge in [-0.05, 0) is 17.9 Å². The monoisotopic (exact) mass is 342 g/mol. The lowest BCUT2D eigenvalue weighted by Crippen LogP contribution is -2.28. The summed E-state index contributed by atoms with van der Waals surface area (Å²) >= 11 is 0. The highest BCUT2D eigenvalue weighted by molar-refractivity contribution is 6.21. The summed E-state index contributed by atoms with van der Waals surface area (Å²) in [5.74, 6) is -1.77. The molecule has 134 valence electrons. The molecule has 1 aromatic rings. The number of carbonyl (C=O) groups is 3. The number of hydrogen-bond donors (Lipinski definition) is 0. The Kier molecular flexibility index (Phi) is 6.00. The molecule has 0 N–H and O–H groups in total. The lowest BCUT2D eigenvalue weighted by atomic mass is 9.84. The molecule has 1 heterocycles. The van der Waals surface area contributed by atoms with Gasteiger partial charge in [-0.2, -0.15) is 0 Å². The van der Waals surface area contributed by atoms with Crippen molar-refractivity contribution in [2.45, 2.75) is 63.9 Å². The summed E-state index contributed by atoms with van der Waals surface area (Å²) in [7, 11) is 0. The van der Waals surface area contributed by atoms with Gasteiger partial charge in [0.05, 0.1) is 0 Å². The van der Waals surface area contributed by atoms with Crippen LogP contribution in [0.3, 0.4) is 0 Å². The van der Waals surface area contributed by atoms with E-state index in [9.17, 15) is 14.4 Å². The van der Waals surface area contributed by atoms with Crippen molar-refractivity contribution < 1.29 is 19.1 Å². The Balaban J connectivity index is 1.50. The molecule has 0 radical (unpaired) electrons. The molecule has 2 atom stereocenters. The molecule has 0 amide bonds. The molecule has 0 spiro atoms. The van der Waals surface area contributed by atoms with Gasteiger partial charge in [-0.15, -0.1) is 0 Å². The van der Waals surface area contributed by atoms with Gasteiger partial charge in [-0.25, -0.2) is 0 Å². The van der Waals surface area contributed by atoms with Gasteiger partial charge >= 0.3 is 5.97 Å². The maximum Gasteiger partial charge on any atom is 0.325 e. The zero-order valence-electron chi connectivity index (χ0n) is 14.6. The minimum atomic E-state index is -1.19. The van der Waals surface area contributed by atoms with Gasteiger partial charge in [0.2, 0.25) is 0 Å². The summed E-state index contributed by atoms with van der Waals surface area (Å²) in [5, 5.41) is 0. The van der Waals surface area contributed by atoms with Crippen molar-refractivity contribution in [2.75, 3.05) is 0 Å². The minimum absolute atomic E-state index is 0.263. The second-order valence-corrected chi connectivity index (χ2v) is 7.31. The Labute approximate surface area is 148 Å². The van der Waals surface area contributed by atoms with E-state index in [1.54, 1.807) is 0 Å². The lowest BCUT2D eigenvalue weighted by Gasteiger charge is -2.21. The van der Waals surface area contributed by atoms with Crippen LogP contribution in [0, 0.1) is 11.8 Å². The minimum Gasteiger partial charge on any atom is -0.453 e. The molecule has 3 rings (SSSR count). The molecular formula is C21H26O4. The quantitative estimate of drug-likeness (QED) is 0.560.